The van der Waals surface area contributed by atoms with Crippen LogP contribution in [0.1, 0.15) is 0 Å². The highest BCUT2D eigenvalue weighted by molar-refractivity contribution is 7.97. The highest BCUT2D eigenvalue weighted by Gasteiger charge is 1.98. The third-order valence-electron chi connectivity index (χ3n) is 1.30. The van der Waals surface area contributed by atoms with Crippen LogP contribution >= 0.6 is 11.9 Å². The summed E-state index contributed by atoms with van der Waals surface area (Å²) < 4.78 is 0. The number of rotatable bonds is 2. The van der Waals surface area contributed by atoms with Crippen molar-refractivity contribution in [3.63, 3.8) is 0 Å². The molecule has 1 rings (SSSR count). The molecule has 1 aromatic heterocycles. The Morgan fingerprint density at radius 1 is 1.64 bits per heavy atom. The maximum atomic E-state index is 5.64. The Kier molecular flexibility index (Phi) is 2.61. The van der Waals surface area contributed by atoms with Crippen LogP contribution < -0.4 is 16.1 Å². The molecule has 0 amide bonds. The minimum absolute atomic E-state index is 0.662. The van der Waals surface area contributed by atoms with Gasteiger partial charge >= 0.3 is 0 Å². The Labute approximate surface area is 70.3 Å². The molecule has 0 radical (unpaired) electrons. The van der Waals surface area contributed by atoms with Gasteiger partial charge in [0, 0.05) is 0 Å². The maximum absolute atomic E-state index is 5.64. The van der Waals surface area contributed by atoms with Crippen molar-refractivity contribution in [1.82, 2.24) is 4.98 Å². The van der Waals surface area contributed by atoms with Crippen LogP contribution in [0.3, 0.4) is 0 Å². The van der Waals surface area contributed by atoms with E-state index < -0.39 is 0 Å². The zero-order valence-electron chi connectivity index (χ0n) is 6.16. The quantitative estimate of drug-likeness (QED) is 0.413. The number of hydrogen-bond acceptors (Lipinski definition) is 5. The molecule has 6 heteroatoms. The minimum Gasteiger partial charge on any atom is -0.431 e. The molecule has 0 aromatic carbocycles. The van der Waals surface area contributed by atoms with Gasteiger partial charge in [-0.3, -0.25) is 5.14 Å². The van der Waals surface area contributed by atoms with E-state index in [2.05, 4.69) is 10.2 Å². The second-order valence-electron chi connectivity index (χ2n) is 1.98. The van der Waals surface area contributed by atoms with Crippen molar-refractivity contribution in [2.24, 2.45) is 5.14 Å². The van der Waals surface area contributed by atoms with Gasteiger partial charge in [0.1, 0.15) is 5.03 Å². The van der Waals surface area contributed by atoms with Gasteiger partial charge in [-0.2, -0.15) is 0 Å². The van der Waals surface area contributed by atoms with Gasteiger partial charge < -0.3 is 11.0 Å². The molecule has 0 spiro atoms. The highest BCUT2D eigenvalue weighted by Crippen LogP contribution is 2.19. The summed E-state index contributed by atoms with van der Waals surface area (Å²) >= 11 is 1.08. The van der Waals surface area contributed by atoms with Gasteiger partial charge in [-0.15, -0.1) is 0 Å². The number of hydrogen-bond donors (Lipinski definition) is 3. The third-order valence-corrected chi connectivity index (χ3v) is 1.77. The fourth-order valence-corrected chi connectivity index (χ4v) is 1.03. The van der Waals surface area contributed by atoms with E-state index in [-0.39, 0.29) is 0 Å². The van der Waals surface area contributed by atoms with E-state index in [1.165, 1.54) is 0 Å². The first-order valence-electron chi connectivity index (χ1n) is 3.08. The normalized spacial score (nSPS) is 9.55. The van der Waals surface area contributed by atoms with E-state index >= 15 is 0 Å². The Morgan fingerprint density at radius 3 is 2.82 bits per heavy atom. The summed E-state index contributed by atoms with van der Waals surface area (Å²) in [6.07, 6.45) is 1.66. The molecule has 0 aliphatic carbocycles. The zero-order chi connectivity index (χ0) is 8.27. The predicted molar refractivity (Wildman–Crippen MR) is 50.9 cm³/mol. The standard InChI is InChI=1S/C5H9BN4S/c6-10-4-2-9-5(11-8)1-3(4)7/h1-2,10H,6,8H2,(H2,7,9). The summed E-state index contributed by atoms with van der Waals surface area (Å²) in [7, 11) is 1.79. The van der Waals surface area contributed by atoms with Crippen molar-refractivity contribution in [1.29, 1.82) is 0 Å². The zero-order valence-corrected chi connectivity index (χ0v) is 6.98. The van der Waals surface area contributed by atoms with Crippen molar-refractivity contribution in [3.05, 3.63) is 12.3 Å². The molecular formula is C5H9BN4S. The largest absolute Gasteiger partial charge is 0.431 e. The van der Waals surface area contributed by atoms with Gasteiger partial charge in [0.2, 0.25) is 7.98 Å². The number of anilines is 2. The summed E-state index contributed by atoms with van der Waals surface area (Å²) in [4.78, 5) is 4.02. The van der Waals surface area contributed by atoms with Crippen molar-refractivity contribution in [2.45, 2.75) is 5.03 Å². The summed E-state index contributed by atoms with van der Waals surface area (Å²) in [5, 5.41) is 8.92. The summed E-state index contributed by atoms with van der Waals surface area (Å²) in [6.45, 7) is 0. The van der Waals surface area contributed by atoms with Gasteiger partial charge in [0.15, 0.2) is 0 Å². The smallest absolute Gasteiger partial charge is 0.214 e. The molecular weight excluding hydrogens is 159 g/mol. The molecule has 5 N–H and O–H groups in total. The molecule has 0 unspecified atom stereocenters. The summed E-state index contributed by atoms with van der Waals surface area (Å²) in [5.74, 6) is 0. The molecule has 0 aliphatic heterocycles. The van der Waals surface area contributed by atoms with E-state index in [0.29, 0.717) is 5.69 Å². The molecule has 58 valence electrons. The van der Waals surface area contributed by atoms with Gasteiger partial charge in [0.25, 0.3) is 0 Å². The summed E-state index contributed by atoms with van der Waals surface area (Å²) in [5.41, 5.74) is 7.12. The molecule has 0 atom stereocenters. The lowest BCUT2D eigenvalue weighted by Crippen LogP contribution is -1.98. The molecule has 11 heavy (non-hydrogen) atoms. The van der Waals surface area contributed by atoms with Crippen LogP contribution in [0.15, 0.2) is 17.3 Å². The number of pyridine rings is 1. The molecule has 0 saturated heterocycles. The van der Waals surface area contributed by atoms with Crippen molar-refractivity contribution >= 4 is 31.3 Å². The fourth-order valence-electron chi connectivity index (χ4n) is 0.724. The van der Waals surface area contributed by atoms with Crippen LogP contribution in [-0.2, 0) is 0 Å². The average Bonchev–Trinajstić information content (AvgIpc) is 2.04. The van der Waals surface area contributed by atoms with E-state index in [1.54, 1.807) is 20.2 Å². The number of nitrogen functional groups attached to an aromatic ring is 1. The lowest BCUT2D eigenvalue weighted by molar-refractivity contribution is 1.14. The van der Waals surface area contributed by atoms with Gasteiger partial charge in [-0.1, -0.05) is 0 Å². The van der Waals surface area contributed by atoms with Crippen LogP contribution in [0.4, 0.5) is 11.4 Å². The SMILES string of the molecule is BNc1cnc(SN)cc1N. The van der Waals surface area contributed by atoms with Crippen molar-refractivity contribution in [2.75, 3.05) is 11.0 Å². The van der Waals surface area contributed by atoms with Gasteiger partial charge in [-0.05, 0) is 18.0 Å². The molecule has 0 bridgehead atoms. The fraction of sp³-hybridized carbons (Fsp3) is 0. The second-order valence-corrected chi connectivity index (χ2v) is 2.63. The van der Waals surface area contributed by atoms with Crippen molar-refractivity contribution < 1.29 is 0 Å². The molecule has 1 heterocycles. The topological polar surface area (TPSA) is 77.0 Å². The Hall–Kier alpha value is -0.875. The molecule has 0 fully saturated rings. The predicted octanol–water partition coefficient (Wildman–Crippen LogP) is -0.410. The van der Waals surface area contributed by atoms with Gasteiger partial charge in [-0.25, -0.2) is 4.98 Å². The van der Waals surface area contributed by atoms with E-state index in [1.807, 2.05) is 0 Å². The third kappa shape index (κ3) is 1.78. The molecule has 0 saturated carbocycles. The minimum atomic E-state index is 0.662. The van der Waals surface area contributed by atoms with Crippen LogP contribution in [-0.4, -0.2) is 13.0 Å². The first kappa shape index (κ1) is 8.22. The van der Waals surface area contributed by atoms with E-state index in [4.69, 9.17) is 10.9 Å². The molecule has 4 nitrogen and oxygen atoms in total. The number of nitrogens with one attached hydrogen (secondary N) is 1. The Balaban J connectivity index is 2.99. The summed E-state index contributed by atoms with van der Waals surface area (Å²) in [6, 6.07) is 1.73. The first-order chi connectivity index (χ1) is 5.27. The number of nitrogens with two attached hydrogens (primary N) is 2. The van der Waals surface area contributed by atoms with Crippen molar-refractivity contribution in [3.8, 4) is 0 Å². The Morgan fingerprint density at radius 2 is 2.36 bits per heavy atom. The highest BCUT2D eigenvalue weighted by atomic mass is 32.2. The lowest BCUT2D eigenvalue weighted by Gasteiger charge is -2.04. The molecule has 0 aliphatic rings. The second kappa shape index (κ2) is 3.50. The van der Waals surface area contributed by atoms with Crippen LogP contribution in [0.25, 0.3) is 0 Å². The number of nitrogens with zero attached hydrogens (tertiary/aromatic N) is 1. The van der Waals surface area contributed by atoms with Crippen LogP contribution in [0, 0.1) is 0 Å². The first-order valence-corrected chi connectivity index (χ1v) is 3.96. The van der Waals surface area contributed by atoms with Crippen LogP contribution in [0.5, 0.6) is 0 Å². The average molecular weight is 168 g/mol. The van der Waals surface area contributed by atoms with E-state index in [9.17, 15) is 0 Å². The monoisotopic (exact) mass is 168 g/mol. The molecule has 1 aromatic rings. The maximum Gasteiger partial charge on any atom is 0.214 e. The van der Waals surface area contributed by atoms with Crippen LogP contribution in [0.2, 0.25) is 0 Å². The van der Waals surface area contributed by atoms with Gasteiger partial charge in [0.05, 0.1) is 17.6 Å². The number of aromatic nitrogens is 1. The lowest BCUT2D eigenvalue weighted by atomic mass is 10.3. The van der Waals surface area contributed by atoms with E-state index in [0.717, 1.165) is 22.7 Å². The Bertz CT molecular complexity index is 254.